The summed E-state index contributed by atoms with van der Waals surface area (Å²) in [4.78, 5) is 14.6. The maximum Gasteiger partial charge on any atom is 0.251 e. The zero-order valence-electron chi connectivity index (χ0n) is 17.2. The number of hydrogen-bond donors (Lipinski definition) is 1. The maximum absolute atomic E-state index is 12.2. The third-order valence-electron chi connectivity index (χ3n) is 5.97. The minimum atomic E-state index is -0.103. The van der Waals surface area contributed by atoms with E-state index in [-0.39, 0.29) is 18.3 Å². The smallest absolute Gasteiger partial charge is 0.251 e. The minimum Gasteiger partial charge on any atom is -0.493 e. The maximum atomic E-state index is 12.2. The molecule has 2 aliphatic rings. The van der Waals surface area contributed by atoms with Crippen LogP contribution in [0.1, 0.15) is 45.8 Å². The highest BCUT2D eigenvalue weighted by Gasteiger charge is 2.38. The molecule has 1 fully saturated rings. The summed E-state index contributed by atoms with van der Waals surface area (Å²) in [6, 6.07) is 16.7. The molecule has 0 unspecified atom stereocenters. The molecule has 0 aliphatic carbocycles. The Morgan fingerprint density at radius 3 is 2.55 bits per heavy atom. The van der Waals surface area contributed by atoms with E-state index >= 15 is 0 Å². The second-order valence-electron chi connectivity index (χ2n) is 7.95. The third kappa shape index (κ3) is 5.17. The van der Waals surface area contributed by atoms with Crippen molar-refractivity contribution < 1.29 is 9.53 Å². The van der Waals surface area contributed by atoms with Crippen LogP contribution in [0.2, 0.25) is 0 Å². The van der Waals surface area contributed by atoms with Gasteiger partial charge in [0.05, 0.1) is 29.9 Å². The Morgan fingerprint density at radius 1 is 1.06 bits per heavy atom. The number of rotatable bonds is 6. The molecule has 2 aromatic carbocycles. The van der Waals surface area contributed by atoms with Crippen molar-refractivity contribution in [2.45, 2.75) is 18.8 Å². The van der Waals surface area contributed by atoms with E-state index in [0.29, 0.717) is 35.1 Å². The van der Waals surface area contributed by atoms with Gasteiger partial charge >= 0.3 is 0 Å². The van der Waals surface area contributed by atoms with Crippen molar-refractivity contribution in [3.05, 3.63) is 64.7 Å². The molecule has 1 saturated heterocycles. The van der Waals surface area contributed by atoms with E-state index < -0.39 is 0 Å². The summed E-state index contributed by atoms with van der Waals surface area (Å²) in [5.74, 6) is 1.72. The molecule has 1 amide bonds. The van der Waals surface area contributed by atoms with Crippen LogP contribution in [0.5, 0.6) is 5.75 Å². The highest BCUT2D eigenvalue weighted by Crippen LogP contribution is 2.41. The van der Waals surface area contributed by atoms with Crippen LogP contribution in [0, 0.1) is 28.6 Å². The van der Waals surface area contributed by atoms with Gasteiger partial charge in [0, 0.05) is 42.6 Å². The number of ether oxygens (including phenoxy) is 1. The Hall–Kier alpha value is -3.06. The largest absolute Gasteiger partial charge is 0.493 e. The lowest BCUT2D eigenvalue weighted by atomic mass is 9.86. The van der Waals surface area contributed by atoms with Crippen molar-refractivity contribution in [1.82, 2.24) is 10.2 Å². The van der Waals surface area contributed by atoms with Crippen molar-refractivity contribution in [3.63, 3.8) is 0 Å². The van der Waals surface area contributed by atoms with Crippen molar-refractivity contribution >= 4 is 18.3 Å². The standard InChI is InChI=1S/C24H24N4O2.ClH/c25-12-17-3-6-19(7-4-17)24(29)27-9-1-2-10-28-14-20-16-30-23-8-5-18(13-26)11-21(23)22(20)15-28;/h3-8,11,20,22H,1-2,9-10,14-16H2,(H,27,29);1H/t20-,22+;/m0./s1. The highest BCUT2D eigenvalue weighted by molar-refractivity contribution is 5.94. The van der Waals surface area contributed by atoms with Crippen LogP contribution >= 0.6 is 12.4 Å². The summed E-state index contributed by atoms with van der Waals surface area (Å²) in [6.07, 6.45) is 1.93. The summed E-state index contributed by atoms with van der Waals surface area (Å²) < 4.78 is 5.91. The number of hydrogen-bond acceptors (Lipinski definition) is 5. The van der Waals surface area contributed by atoms with Crippen molar-refractivity contribution in [2.75, 3.05) is 32.8 Å². The summed E-state index contributed by atoms with van der Waals surface area (Å²) in [5.41, 5.74) is 2.99. The van der Waals surface area contributed by atoms with Crippen LogP contribution in [0.3, 0.4) is 0 Å². The van der Waals surface area contributed by atoms with Gasteiger partial charge in [0.1, 0.15) is 5.75 Å². The second kappa shape index (κ2) is 10.3. The first-order valence-corrected chi connectivity index (χ1v) is 10.4. The highest BCUT2D eigenvalue weighted by atomic mass is 35.5. The van der Waals surface area contributed by atoms with Gasteiger partial charge in [-0.25, -0.2) is 0 Å². The third-order valence-corrected chi connectivity index (χ3v) is 5.97. The Labute approximate surface area is 188 Å². The summed E-state index contributed by atoms with van der Waals surface area (Å²) >= 11 is 0. The normalized spacial score (nSPS) is 19.0. The zero-order valence-corrected chi connectivity index (χ0v) is 18.0. The molecule has 7 heteroatoms. The molecule has 2 heterocycles. The number of carbonyl (C=O) groups excluding carboxylic acids is 1. The first kappa shape index (κ1) is 22.6. The number of nitrogens with zero attached hydrogens (tertiary/aromatic N) is 3. The molecular weight excluding hydrogens is 412 g/mol. The van der Waals surface area contributed by atoms with E-state index in [1.807, 2.05) is 18.2 Å². The first-order valence-electron chi connectivity index (χ1n) is 10.4. The number of nitrogens with one attached hydrogen (secondary N) is 1. The number of nitriles is 2. The van der Waals surface area contributed by atoms with Crippen LogP contribution < -0.4 is 10.1 Å². The number of carbonyl (C=O) groups is 1. The zero-order chi connectivity index (χ0) is 20.9. The fourth-order valence-electron chi connectivity index (χ4n) is 4.36. The van der Waals surface area contributed by atoms with Crippen molar-refractivity contribution in [2.24, 2.45) is 5.92 Å². The molecule has 0 saturated carbocycles. The molecule has 1 N–H and O–H groups in total. The van der Waals surface area contributed by atoms with Gasteiger partial charge in [-0.2, -0.15) is 10.5 Å². The molecule has 0 radical (unpaired) electrons. The van der Waals surface area contributed by atoms with E-state index in [9.17, 15) is 10.1 Å². The van der Waals surface area contributed by atoms with Gasteiger partial charge in [-0.1, -0.05) is 0 Å². The van der Waals surface area contributed by atoms with Crippen LogP contribution in [0.25, 0.3) is 0 Å². The van der Waals surface area contributed by atoms with Gasteiger partial charge in [-0.3, -0.25) is 4.79 Å². The van der Waals surface area contributed by atoms with E-state index in [4.69, 9.17) is 10.00 Å². The Morgan fingerprint density at radius 2 is 1.81 bits per heavy atom. The molecule has 6 nitrogen and oxygen atoms in total. The Balaban J connectivity index is 0.00000272. The molecule has 2 atom stereocenters. The van der Waals surface area contributed by atoms with Crippen molar-refractivity contribution in [1.29, 1.82) is 10.5 Å². The van der Waals surface area contributed by atoms with Crippen LogP contribution in [0.15, 0.2) is 42.5 Å². The lowest BCUT2D eigenvalue weighted by Crippen LogP contribution is -2.27. The van der Waals surface area contributed by atoms with Gasteiger partial charge in [0.2, 0.25) is 0 Å². The molecule has 0 spiro atoms. The Kier molecular flexibility index (Phi) is 7.52. The first-order chi connectivity index (χ1) is 14.7. The fraction of sp³-hybridized carbons (Fsp3) is 0.375. The van der Waals surface area contributed by atoms with Crippen LogP contribution in [-0.2, 0) is 0 Å². The van der Waals surface area contributed by atoms with E-state index in [1.54, 1.807) is 24.3 Å². The van der Waals surface area contributed by atoms with E-state index in [2.05, 4.69) is 22.4 Å². The number of likely N-dealkylation sites (tertiary alicyclic amines) is 1. The van der Waals surface area contributed by atoms with Gasteiger partial charge in [-0.05, 0) is 61.9 Å². The van der Waals surface area contributed by atoms with E-state index in [1.165, 1.54) is 5.56 Å². The van der Waals surface area contributed by atoms with E-state index in [0.717, 1.165) is 44.8 Å². The molecule has 0 bridgehead atoms. The van der Waals surface area contributed by atoms with Crippen LogP contribution in [0.4, 0.5) is 0 Å². The predicted molar refractivity (Wildman–Crippen MR) is 119 cm³/mol. The quantitative estimate of drug-likeness (QED) is 0.700. The van der Waals surface area contributed by atoms with Gasteiger partial charge in [0.25, 0.3) is 5.91 Å². The molecule has 0 aromatic heterocycles. The predicted octanol–water partition coefficient (Wildman–Crippen LogP) is 3.47. The van der Waals surface area contributed by atoms with Gasteiger partial charge < -0.3 is 15.0 Å². The second-order valence-corrected chi connectivity index (χ2v) is 7.95. The molecule has 2 aromatic rings. The minimum absolute atomic E-state index is 0. The summed E-state index contributed by atoms with van der Waals surface area (Å²) in [7, 11) is 0. The average molecular weight is 437 g/mol. The number of amides is 1. The molecule has 160 valence electrons. The van der Waals surface area contributed by atoms with Gasteiger partial charge in [-0.15, -0.1) is 12.4 Å². The average Bonchev–Trinajstić information content (AvgIpc) is 3.22. The van der Waals surface area contributed by atoms with Crippen LogP contribution in [-0.4, -0.2) is 43.6 Å². The number of benzene rings is 2. The molecular formula is C24H25ClN4O2. The lowest BCUT2D eigenvalue weighted by Gasteiger charge is -2.27. The summed E-state index contributed by atoms with van der Waals surface area (Å²) in [6.45, 7) is 4.37. The molecule has 31 heavy (non-hydrogen) atoms. The number of unbranched alkanes of at least 4 members (excludes halogenated alkanes) is 1. The lowest BCUT2D eigenvalue weighted by molar-refractivity contribution is 0.0952. The summed E-state index contributed by atoms with van der Waals surface area (Å²) in [5, 5.41) is 21.0. The Bertz CT molecular complexity index is 1010. The SMILES string of the molecule is Cl.N#Cc1ccc(C(=O)NCCCCN2C[C@H]3COc4ccc(C#N)cc4[C@@H]3C2)cc1. The van der Waals surface area contributed by atoms with Gasteiger partial charge in [0.15, 0.2) is 0 Å². The fourth-order valence-corrected chi connectivity index (χ4v) is 4.36. The van der Waals surface area contributed by atoms with Crippen molar-refractivity contribution in [3.8, 4) is 17.9 Å². The molecule has 2 aliphatic heterocycles. The number of fused-ring (bicyclic) bond motifs is 3. The topological polar surface area (TPSA) is 89.2 Å². The monoisotopic (exact) mass is 436 g/mol. The molecule has 4 rings (SSSR count). The number of halogens is 1.